The van der Waals surface area contributed by atoms with Crippen LogP contribution in [0.3, 0.4) is 0 Å². The molecule has 1 aromatic carbocycles. The van der Waals surface area contributed by atoms with Crippen LogP contribution in [-0.2, 0) is 14.3 Å². The molecule has 3 N–H and O–H groups in total. The lowest BCUT2D eigenvalue weighted by Crippen LogP contribution is -2.46. The van der Waals surface area contributed by atoms with Gasteiger partial charge in [0.2, 0.25) is 0 Å². The number of carboxylic acid groups (broad SMARTS) is 1. The van der Waals surface area contributed by atoms with Crippen LogP contribution < -0.4 is 5.32 Å². The molecule has 8 heteroatoms. The van der Waals surface area contributed by atoms with Gasteiger partial charge in [0, 0.05) is 0 Å². The van der Waals surface area contributed by atoms with E-state index in [-0.39, 0.29) is 11.1 Å². The van der Waals surface area contributed by atoms with Crippen LogP contribution in [0.4, 0.5) is 4.79 Å². The van der Waals surface area contributed by atoms with Crippen molar-refractivity contribution in [1.29, 1.82) is 0 Å². The Morgan fingerprint density at radius 2 is 1.41 bits per heavy atom. The summed E-state index contributed by atoms with van der Waals surface area (Å²) in [6.07, 6.45) is -2.50. The predicted molar refractivity (Wildman–Crippen MR) is 97.4 cm³/mol. The van der Waals surface area contributed by atoms with Gasteiger partial charge in [-0.15, -0.1) is 0 Å². The molecule has 150 valence electrons. The number of rotatable bonds is 5. The molecule has 0 bridgehead atoms. The van der Waals surface area contributed by atoms with E-state index < -0.39 is 41.4 Å². The minimum Gasteiger partial charge on any atom is -0.480 e. The van der Waals surface area contributed by atoms with Gasteiger partial charge >= 0.3 is 18.0 Å². The number of amides is 1. The van der Waals surface area contributed by atoms with Gasteiger partial charge in [-0.2, -0.15) is 0 Å². The molecule has 2 unspecified atom stereocenters. The molecule has 2 atom stereocenters. The van der Waals surface area contributed by atoms with Crippen LogP contribution in [0.5, 0.6) is 0 Å². The Labute approximate surface area is 158 Å². The molecule has 8 nitrogen and oxygen atoms in total. The van der Waals surface area contributed by atoms with Crippen molar-refractivity contribution in [3.05, 3.63) is 35.4 Å². The molecule has 1 aromatic rings. The van der Waals surface area contributed by atoms with E-state index in [4.69, 9.17) is 9.47 Å². The van der Waals surface area contributed by atoms with Crippen molar-refractivity contribution in [2.75, 3.05) is 0 Å². The van der Waals surface area contributed by atoms with Gasteiger partial charge < -0.3 is 25.0 Å². The van der Waals surface area contributed by atoms with Crippen molar-refractivity contribution in [3.8, 4) is 0 Å². The summed E-state index contributed by atoms with van der Waals surface area (Å²) in [6.45, 7) is 10.1. The quantitative estimate of drug-likeness (QED) is 0.670. The number of alkyl carbamates (subject to hydrolysis) is 1. The molecule has 0 heterocycles. The molecule has 0 fully saturated rings. The van der Waals surface area contributed by atoms with Crippen LogP contribution in [0, 0.1) is 0 Å². The predicted octanol–water partition coefficient (Wildman–Crippen LogP) is 2.65. The topological polar surface area (TPSA) is 122 Å². The first-order valence-electron chi connectivity index (χ1n) is 8.43. The third-order valence-electron chi connectivity index (χ3n) is 3.14. The molecular formula is C19H27NO7. The first-order valence-corrected chi connectivity index (χ1v) is 8.43. The summed E-state index contributed by atoms with van der Waals surface area (Å²) >= 11 is 0. The number of ether oxygens (including phenoxy) is 2. The molecule has 0 radical (unpaired) electrons. The molecule has 0 aliphatic carbocycles. The largest absolute Gasteiger partial charge is 0.480 e. The molecule has 27 heavy (non-hydrogen) atoms. The Kier molecular flexibility index (Phi) is 6.97. The van der Waals surface area contributed by atoms with Crippen LogP contribution in [0.1, 0.15) is 63.6 Å². The lowest BCUT2D eigenvalue weighted by molar-refractivity contribution is -0.142. The van der Waals surface area contributed by atoms with Gasteiger partial charge in [-0.05, 0) is 59.2 Å². The monoisotopic (exact) mass is 381 g/mol. The Hall–Kier alpha value is -2.61. The number of benzene rings is 1. The van der Waals surface area contributed by atoms with E-state index in [0.717, 1.165) is 0 Å². The van der Waals surface area contributed by atoms with Gasteiger partial charge in [0.25, 0.3) is 0 Å². The maximum atomic E-state index is 12.0. The summed E-state index contributed by atoms with van der Waals surface area (Å²) in [6, 6.07) is 4.01. The average molecular weight is 381 g/mol. The standard InChI is InChI=1S/C19H27NO7/c1-18(2,3)26-16(24)12-9-7-11(8-10-12)14(21)13(15(22)23)20-17(25)27-19(4,5)6/h7-10,13-14,21H,1-6H3,(H,20,25)(H,22,23). The number of hydrogen-bond donors (Lipinski definition) is 3. The third-order valence-corrected chi connectivity index (χ3v) is 3.14. The maximum absolute atomic E-state index is 12.0. The van der Waals surface area contributed by atoms with Crippen LogP contribution in [0.25, 0.3) is 0 Å². The summed E-state index contributed by atoms with van der Waals surface area (Å²) in [5.41, 5.74) is -0.993. The van der Waals surface area contributed by atoms with Crippen LogP contribution in [-0.4, -0.2) is 45.5 Å². The van der Waals surface area contributed by atoms with Crippen LogP contribution >= 0.6 is 0 Å². The zero-order chi connectivity index (χ0) is 21.0. The van der Waals surface area contributed by atoms with E-state index >= 15 is 0 Å². The van der Waals surface area contributed by atoms with Gasteiger partial charge in [0.05, 0.1) is 5.56 Å². The van der Waals surface area contributed by atoms with Crippen molar-refractivity contribution in [1.82, 2.24) is 5.32 Å². The van der Waals surface area contributed by atoms with Crippen molar-refractivity contribution >= 4 is 18.0 Å². The van der Waals surface area contributed by atoms with E-state index in [9.17, 15) is 24.6 Å². The fraction of sp³-hybridized carbons (Fsp3) is 0.526. The average Bonchev–Trinajstić information content (AvgIpc) is 2.48. The molecule has 0 saturated heterocycles. The number of aliphatic hydroxyl groups is 1. The zero-order valence-electron chi connectivity index (χ0n) is 16.4. The lowest BCUT2D eigenvalue weighted by Gasteiger charge is -2.24. The van der Waals surface area contributed by atoms with Gasteiger partial charge in [0.1, 0.15) is 17.3 Å². The molecule has 0 aromatic heterocycles. The first kappa shape index (κ1) is 22.4. The highest BCUT2D eigenvalue weighted by molar-refractivity contribution is 5.89. The molecular weight excluding hydrogens is 354 g/mol. The van der Waals surface area contributed by atoms with Gasteiger partial charge in [0.15, 0.2) is 6.04 Å². The summed E-state index contributed by atoms with van der Waals surface area (Å²) in [7, 11) is 0. The van der Waals surface area contributed by atoms with Crippen molar-refractivity contribution in [3.63, 3.8) is 0 Å². The van der Waals surface area contributed by atoms with E-state index in [2.05, 4.69) is 5.32 Å². The fourth-order valence-electron chi connectivity index (χ4n) is 2.06. The van der Waals surface area contributed by atoms with Gasteiger partial charge in [-0.1, -0.05) is 12.1 Å². The van der Waals surface area contributed by atoms with Crippen molar-refractivity contribution < 1.29 is 34.1 Å². The molecule has 1 amide bonds. The summed E-state index contributed by atoms with van der Waals surface area (Å²) in [4.78, 5) is 35.3. The number of esters is 1. The summed E-state index contributed by atoms with van der Waals surface area (Å²) in [5.74, 6) is -1.96. The van der Waals surface area contributed by atoms with E-state index in [1.165, 1.54) is 24.3 Å². The second-order valence-corrected chi connectivity index (χ2v) is 8.03. The Morgan fingerprint density at radius 3 is 1.81 bits per heavy atom. The molecule has 0 spiro atoms. The number of nitrogens with one attached hydrogen (secondary N) is 1. The first-order chi connectivity index (χ1) is 12.2. The molecule has 0 aliphatic heterocycles. The van der Waals surface area contributed by atoms with Gasteiger partial charge in [-0.25, -0.2) is 14.4 Å². The number of hydrogen-bond acceptors (Lipinski definition) is 6. The van der Waals surface area contributed by atoms with E-state index in [1.807, 2.05) is 0 Å². The number of carbonyl (C=O) groups is 3. The summed E-state index contributed by atoms with van der Waals surface area (Å²) < 4.78 is 10.3. The molecule has 0 aliphatic rings. The Balaban J connectivity index is 2.91. The number of carbonyl (C=O) groups excluding carboxylic acids is 2. The Morgan fingerprint density at radius 1 is 0.926 bits per heavy atom. The smallest absolute Gasteiger partial charge is 0.408 e. The summed E-state index contributed by atoms with van der Waals surface area (Å²) in [5, 5.41) is 21.8. The zero-order valence-corrected chi connectivity index (χ0v) is 16.4. The van der Waals surface area contributed by atoms with Crippen molar-refractivity contribution in [2.45, 2.75) is 64.9 Å². The molecule has 1 rings (SSSR count). The highest BCUT2D eigenvalue weighted by Crippen LogP contribution is 2.20. The number of aliphatic carboxylic acids is 1. The molecule has 0 saturated carbocycles. The normalized spacial score (nSPS) is 14.0. The van der Waals surface area contributed by atoms with Gasteiger partial charge in [-0.3, -0.25) is 0 Å². The minimum absolute atomic E-state index is 0.214. The second-order valence-electron chi connectivity index (χ2n) is 8.03. The fourth-order valence-corrected chi connectivity index (χ4v) is 2.06. The van der Waals surface area contributed by atoms with E-state index in [0.29, 0.717) is 0 Å². The minimum atomic E-state index is -1.62. The SMILES string of the molecule is CC(C)(C)OC(=O)NC(C(=O)O)C(O)c1ccc(C(=O)OC(C)(C)C)cc1. The highest BCUT2D eigenvalue weighted by Gasteiger charge is 2.31. The van der Waals surface area contributed by atoms with E-state index in [1.54, 1.807) is 41.5 Å². The lowest BCUT2D eigenvalue weighted by atomic mass is 10.0. The van der Waals surface area contributed by atoms with Crippen molar-refractivity contribution in [2.24, 2.45) is 0 Å². The number of aliphatic hydroxyl groups excluding tert-OH is 1. The maximum Gasteiger partial charge on any atom is 0.408 e. The second kappa shape index (κ2) is 8.39. The van der Waals surface area contributed by atoms with Crippen LogP contribution in [0.15, 0.2) is 24.3 Å². The Bertz CT molecular complexity index is 683. The third kappa shape index (κ3) is 7.65. The van der Waals surface area contributed by atoms with Crippen LogP contribution in [0.2, 0.25) is 0 Å². The number of carboxylic acids is 1. The highest BCUT2D eigenvalue weighted by atomic mass is 16.6.